The van der Waals surface area contributed by atoms with Crippen LogP contribution < -0.4 is 5.32 Å². The highest BCUT2D eigenvalue weighted by molar-refractivity contribution is 6.33. The molecule has 18 heavy (non-hydrogen) atoms. The zero-order valence-electron chi connectivity index (χ0n) is 9.90. The summed E-state index contributed by atoms with van der Waals surface area (Å²) in [5.74, 6) is -1.15. The van der Waals surface area contributed by atoms with Gasteiger partial charge in [0, 0.05) is 5.69 Å². The number of nitrogens with one attached hydrogen (secondary N) is 1. The van der Waals surface area contributed by atoms with Crippen LogP contribution in [0.4, 0.5) is 10.5 Å². The number of halogens is 1. The lowest BCUT2D eigenvalue weighted by Gasteiger charge is -2.07. The molecular weight excluding hydrogens is 258 g/mol. The number of rotatable bonds is 5. The topological polar surface area (TPSA) is 75.6 Å². The summed E-state index contributed by atoms with van der Waals surface area (Å²) in [6.45, 7) is 2.32. The average Bonchev–Trinajstić information content (AvgIpc) is 2.31. The maximum atomic E-state index is 11.3. The van der Waals surface area contributed by atoms with E-state index in [0.717, 1.165) is 12.8 Å². The number of anilines is 1. The van der Waals surface area contributed by atoms with Crippen LogP contribution in [0.15, 0.2) is 18.2 Å². The average molecular weight is 272 g/mol. The Hall–Kier alpha value is -1.75. The van der Waals surface area contributed by atoms with Crippen molar-refractivity contribution in [3.8, 4) is 0 Å². The van der Waals surface area contributed by atoms with E-state index in [1.54, 1.807) is 0 Å². The summed E-state index contributed by atoms with van der Waals surface area (Å²) < 4.78 is 4.89. The molecule has 1 amide bonds. The summed E-state index contributed by atoms with van der Waals surface area (Å²) in [6, 6.07) is 4.20. The fourth-order valence-electron chi connectivity index (χ4n) is 1.23. The van der Waals surface area contributed by atoms with Crippen LogP contribution in [0.2, 0.25) is 5.02 Å². The van der Waals surface area contributed by atoms with E-state index < -0.39 is 12.1 Å². The van der Waals surface area contributed by atoms with Gasteiger partial charge in [0.15, 0.2) is 0 Å². The van der Waals surface area contributed by atoms with Crippen molar-refractivity contribution in [2.24, 2.45) is 0 Å². The molecular formula is C12H14ClNO4. The number of benzene rings is 1. The molecule has 0 radical (unpaired) electrons. The SMILES string of the molecule is CCCCOC(=O)Nc1ccc(Cl)c(C(=O)O)c1. The van der Waals surface area contributed by atoms with Crippen molar-refractivity contribution in [2.45, 2.75) is 19.8 Å². The molecule has 6 heteroatoms. The summed E-state index contributed by atoms with van der Waals surface area (Å²) in [6.07, 6.45) is 1.10. The maximum Gasteiger partial charge on any atom is 0.411 e. The molecule has 0 fully saturated rings. The molecule has 0 atom stereocenters. The van der Waals surface area contributed by atoms with Crippen LogP contribution in [-0.2, 0) is 4.74 Å². The molecule has 0 unspecified atom stereocenters. The predicted molar refractivity (Wildman–Crippen MR) is 68.3 cm³/mol. The van der Waals surface area contributed by atoms with Gasteiger partial charge in [-0.2, -0.15) is 0 Å². The Bertz CT molecular complexity index is 448. The van der Waals surface area contributed by atoms with Gasteiger partial charge in [0.25, 0.3) is 0 Å². The van der Waals surface area contributed by atoms with Crippen molar-refractivity contribution in [1.29, 1.82) is 0 Å². The fraction of sp³-hybridized carbons (Fsp3) is 0.333. The summed E-state index contributed by atoms with van der Waals surface area (Å²) in [7, 11) is 0. The molecule has 0 bridgehead atoms. The molecule has 0 aliphatic rings. The first kappa shape index (κ1) is 14.3. The molecule has 0 aliphatic heterocycles. The summed E-state index contributed by atoms with van der Waals surface area (Å²) in [5.41, 5.74) is 0.265. The molecule has 98 valence electrons. The monoisotopic (exact) mass is 271 g/mol. The first-order chi connectivity index (χ1) is 8.54. The second kappa shape index (κ2) is 6.86. The Morgan fingerprint density at radius 1 is 1.44 bits per heavy atom. The number of carbonyl (C=O) groups is 2. The van der Waals surface area contributed by atoms with E-state index in [1.807, 2.05) is 6.92 Å². The highest BCUT2D eigenvalue weighted by atomic mass is 35.5. The molecule has 0 saturated heterocycles. The predicted octanol–water partition coefficient (Wildman–Crippen LogP) is 3.39. The van der Waals surface area contributed by atoms with Crippen LogP contribution in [0.25, 0.3) is 0 Å². The quantitative estimate of drug-likeness (QED) is 0.805. The Labute approximate surface area is 110 Å². The summed E-state index contributed by atoms with van der Waals surface area (Å²) >= 11 is 5.71. The third-order valence-corrected chi connectivity index (χ3v) is 2.50. The fourth-order valence-corrected chi connectivity index (χ4v) is 1.43. The minimum atomic E-state index is -1.15. The van der Waals surface area contributed by atoms with Crippen LogP contribution in [-0.4, -0.2) is 23.8 Å². The molecule has 0 spiro atoms. The maximum absolute atomic E-state index is 11.3. The summed E-state index contributed by atoms with van der Waals surface area (Å²) in [5, 5.41) is 11.4. The second-order valence-electron chi connectivity index (χ2n) is 3.61. The number of hydrogen-bond acceptors (Lipinski definition) is 3. The van der Waals surface area contributed by atoms with E-state index in [2.05, 4.69) is 5.32 Å². The highest BCUT2D eigenvalue weighted by Crippen LogP contribution is 2.20. The van der Waals surface area contributed by atoms with Crippen LogP contribution >= 0.6 is 11.6 Å². The zero-order valence-corrected chi connectivity index (χ0v) is 10.7. The van der Waals surface area contributed by atoms with Crippen LogP contribution in [0, 0.1) is 0 Å². The minimum Gasteiger partial charge on any atom is -0.478 e. The first-order valence-electron chi connectivity index (χ1n) is 5.51. The Morgan fingerprint density at radius 3 is 2.78 bits per heavy atom. The number of carboxylic acids is 1. The third kappa shape index (κ3) is 4.25. The molecule has 0 saturated carbocycles. The number of amides is 1. The summed E-state index contributed by atoms with van der Waals surface area (Å²) in [4.78, 5) is 22.2. The molecule has 0 aliphatic carbocycles. The van der Waals surface area contributed by atoms with Gasteiger partial charge in [-0.25, -0.2) is 9.59 Å². The normalized spacial score (nSPS) is 9.89. The van der Waals surface area contributed by atoms with Gasteiger partial charge in [0.1, 0.15) is 0 Å². The molecule has 0 heterocycles. The van der Waals surface area contributed by atoms with Gasteiger partial charge in [-0.05, 0) is 24.6 Å². The smallest absolute Gasteiger partial charge is 0.411 e. The van der Waals surface area contributed by atoms with Gasteiger partial charge in [0.05, 0.1) is 17.2 Å². The van der Waals surface area contributed by atoms with Crippen molar-refractivity contribution < 1.29 is 19.4 Å². The van der Waals surface area contributed by atoms with E-state index in [4.69, 9.17) is 21.4 Å². The zero-order chi connectivity index (χ0) is 13.5. The van der Waals surface area contributed by atoms with Crippen LogP contribution in [0.1, 0.15) is 30.1 Å². The van der Waals surface area contributed by atoms with E-state index >= 15 is 0 Å². The molecule has 5 nitrogen and oxygen atoms in total. The lowest BCUT2D eigenvalue weighted by Crippen LogP contribution is -2.14. The third-order valence-electron chi connectivity index (χ3n) is 2.17. The van der Waals surface area contributed by atoms with E-state index in [-0.39, 0.29) is 10.6 Å². The lowest BCUT2D eigenvalue weighted by atomic mass is 10.2. The van der Waals surface area contributed by atoms with Gasteiger partial charge in [0.2, 0.25) is 0 Å². The number of aromatic carboxylic acids is 1. The van der Waals surface area contributed by atoms with Gasteiger partial charge in [-0.15, -0.1) is 0 Å². The van der Waals surface area contributed by atoms with Crippen LogP contribution in [0.3, 0.4) is 0 Å². The van der Waals surface area contributed by atoms with E-state index in [0.29, 0.717) is 12.3 Å². The molecule has 1 aromatic rings. The van der Waals surface area contributed by atoms with Crippen molar-refractivity contribution in [1.82, 2.24) is 0 Å². The highest BCUT2D eigenvalue weighted by Gasteiger charge is 2.11. The lowest BCUT2D eigenvalue weighted by molar-refractivity contribution is 0.0697. The molecule has 0 aromatic heterocycles. The number of ether oxygens (including phenoxy) is 1. The Morgan fingerprint density at radius 2 is 2.17 bits per heavy atom. The Kier molecular flexibility index (Phi) is 5.45. The molecule has 2 N–H and O–H groups in total. The van der Waals surface area contributed by atoms with Crippen LogP contribution in [0.5, 0.6) is 0 Å². The van der Waals surface area contributed by atoms with Gasteiger partial charge in [-0.3, -0.25) is 5.32 Å². The standard InChI is InChI=1S/C12H14ClNO4/c1-2-3-6-18-12(17)14-8-4-5-10(13)9(7-8)11(15)16/h4-5,7H,2-3,6H2,1H3,(H,14,17)(H,15,16). The van der Waals surface area contributed by atoms with Crippen molar-refractivity contribution in [2.75, 3.05) is 11.9 Å². The number of carbonyl (C=O) groups excluding carboxylic acids is 1. The number of unbranched alkanes of at least 4 members (excludes halogenated alkanes) is 1. The second-order valence-corrected chi connectivity index (χ2v) is 4.02. The van der Waals surface area contributed by atoms with E-state index in [1.165, 1.54) is 18.2 Å². The van der Waals surface area contributed by atoms with Crippen molar-refractivity contribution in [3.05, 3.63) is 28.8 Å². The van der Waals surface area contributed by atoms with Gasteiger partial charge >= 0.3 is 12.1 Å². The largest absolute Gasteiger partial charge is 0.478 e. The minimum absolute atomic E-state index is 0.0666. The Balaban J connectivity index is 2.65. The van der Waals surface area contributed by atoms with Crippen molar-refractivity contribution >= 4 is 29.4 Å². The van der Waals surface area contributed by atoms with Gasteiger partial charge < -0.3 is 9.84 Å². The number of carboxylic acid groups (broad SMARTS) is 1. The molecule has 1 rings (SSSR count). The number of hydrogen-bond donors (Lipinski definition) is 2. The molecule has 1 aromatic carbocycles. The van der Waals surface area contributed by atoms with Crippen molar-refractivity contribution in [3.63, 3.8) is 0 Å². The first-order valence-corrected chi connectivity index (χ1v) is 5.89. The van der Waals surface area contributed by atoms with E-state index in [9.17, 15) is 9.59 Å². The van der Waals surface area contributed by atoms with Gasteiger partial charge in [-0.1, -0.05) is 24.9 Å².